The zero-order chi connectivity index (χ0) is 24.6. The summed E-state index contributed by atoms with van der Waals surface area (Å²) in [6.07, 6.45) is 2.41. The molecule has 1 unspecified atom stereocenters. The van der Waals surface area contributed by atoms with E-state index in [2.05, 4.69) is 0 Å². The number of hydrogen-bond donors (Lipinski definition) is 1. The summed E-state index contributed by atoms with van der Waals surface area (Å²) in [6, 6.07) is 9.83. The number of ether oxygens (including phenoxy) is 2. The number of hydrogen-bond acceptors (Lipinski definition) is 5. The number of benzene rings is 2. The summed E-state index contributed by atoms with van der Waals surface area (Å²) in [5, 5.41) is 12.5. The summed E-state index contributed by atoms with van der Waals surface area (Å²) in [7, 11) is 4.90. The molecule has 1 aliphatic rings. The highest BCUT2D eigenvalue weighted by atomic mass is 35.5. The Kier molecular flexibility index (Phi) is 6.89. The molecule has 1 saturated heterocycles. The van der Waals surface area contributed by atoms with Crippen LogP contribution in [0.4, 0.5) is 0 Å². The van der Waals surface area contributed by atoms with E-state index in [1.54, 1.807) is 7.11 Å². The van der Waals surface area contributed by atoms with Crippen LogP contribution < -0.4 is 4.74 Å². The second kappa shape index (κ2) is 9.70. The van der Waals surface area contributed by atoms with Crippen molar-refractivity contribution in [2.75, 3.05) is 27.4 Å². The van der Waals surface area contributed by atoms with Gasteiger partial charge in [0.15, 0.2) is 5.75 Å². The van der Waals surface area contributed by atoms with Crippen LogP contribution >= 0.6 is 23.2 Å². The quantitative estimate of drug-likeness (QED) is 0.214. The molecule has 2 heterocycles. The molecule has 1 amide bonds. The number of aromatic nitrogens is 1. The van der Waals surface area contributed by atoms with Gasteiger partial charge in [-0.2, -0.15) is 0 Å². The Morgan fingerprint density at radius 2 is 1.79 bits per heavy atom. The lowest BCUT2D eigenvalue weighted by atomic mass is 9.95. The number of methoxy groups -OCH3 is 2. The van der Waals surface area contributed by atoms with Gasteiger partial charge in [-0.15, -0.1) is 0 Å². The smallest absolute Gasteiger partial charge is 0.295 e. The van der Waals surface area contributed by atoms with Gasteiger partial charge in [0.25, 0.3) is 11.7 Å². The van der Waals surface area contributed by atoms with Crippen LogP contribution in [0.5, 0.6) is 5.75 Å². The molecule has 1 aliphatic heterocycles. The van der Waals surface area contributed by atoms with E-state index in [0.717, 1.165) is 16.5 Å². The zero-order valence-electron chi connectivity index (χ0n) is 19.0. The van der Waals surface area contributed by atoms with Crippen molar-refractivity contribution in [1.82, 2.24) is 9.47 Å². The Bertz CT molecular complexity index is 1290. The number of aliphatic hydroxyl groups is 1. The molecule has 7 nitrogen and oxygen atoms in total. The summed E-state index contributed by atoms with van der Waals surface area (Å²) in [5.74, 6) is -1.54. The van der Waals surface area contributed by atoms with Gasteiger partial charge in [0, 0.05) is 55.5 Å². The number of carbonyl (C=O) groups excluding carboxylic acids is 2. The van der Waals surface area contributed by atoms with Gasteiger partial charge in [-0.25, -0.2) is 0 Å². The van der Waals surface area contributed by atoms with Crippen molar-refractivity contribution in [3.63, 3.8) is 0 Å². The van der Waals surface area contributed by atoms with Crippen molar-refractivity contribution in [3.8, 4) is 5.75 Å². The first kappa shape index (κ1) is 24.1. The fourth-order valence-corrected chi connectivity index (χ4v) is 5.09. The highest BCUT2D eigenvalue weighted by Crippen LogP contribution is 2.44. The molecule has 1 atom stereocenters. The van der Waals surface area contributed by atoms with E-state index in [1.165, 1.54) is 24.1 Å². The third-order valence-corrected chi connectivity index (χ3v) is 6.55. The molecule has 1 aromatic heterocycles. The Hall–Kier alpha value is -3.00. The number of aliphatic hydroxyl groups excluding tert-OH is 1. The van der Waals surface area contributed by atoms with E-state index in [0.29, 0.717) is 13.0 Å². The first-order chi connectivity index (χ1) is 16.3. The number of amides is 1. The standard InChI is InChI=1S/C25H24Cl2N2O5/c1-28-13-16(15-7-4-5-8-19(15)28)21-20(23(31)25(32)29(21)9-6-10-33-2)22(30)14-11-17(26)24(34-3)18(27)12-14/h4-5,7-8,11-13,21,30H,6,9-10H2,1-3H3/b22-20+. The number of halogens is 2. The second-order valence-electron chi connectivity index (χ2n) is 8.02. The number of Topliss-reactive ketones (excluding diaryl/α,β-unsaturated/α-hetero) is 1. The minimum atomic E-state index is -0.789. The number of aryl methyl sites for hydroxylation is 1. The van der Waals surface area contributed by atoms with Gasteiger partial charge in [-0.05, 0) is 24.6 Å². The Morgan fingerprint density at radius 1 is 1.12 bits per heavy atom. The lowest BCUT2D eigenvalue weighted by molar-refractivity contribution is -0.140. The molecule has 0 saturated carbocycles. The van der Waals surface area contributed by atoms with Crippen LogP contribution in [-0.4, -0.2) is 53.6 Å². The number of likely N-dealkylation sites (tertiary alicyclic amines) is 1. The molecule has 0 aliphatic carbocycles. The van der Waals surface area contributed by atoms with Crippen molar-refractivity contribution in [2.45, 2.75) is 12.5 Å². The molecule has 0 bridgehead atoms. The minimum Gasteiger partial charge on any atom is -0.507 e. The SMILES string of the molecule is COCCCN1C(=O)C(=O)/C(=C(/O)c2cc(Cl)c(OC)c(Cl)c2)C1c1cn(C)c2ccccc12. The molecule has 3 aromatic rings. The number of para-hydroxylation sites is 1. The van der Waals surface area contributed by atoms with Crippen molar-refractivity contribution >= 4 is 51.6 Å². The fraction of sp³-hybridized carbons (Fsp3) is 0.280. The summed E-state index contributed by atoms with van der Waals surface area (Å²) in [6.45, 7) is 0.710. The summed E-state index contributed by atoms with van der Waals surface area (Å²) < 4.78 is 12.3. The van der Waals surface area contributed by atoms with Crippen molar-refractivity contribution in [2.24, 2.45) is 7.05 Å². The number of fused-ring (bicyclic) bond motifs is 1. The van der Waals surface area contributed by atoms with Crippen LogP contribution in [0.1, 0.15) is 23.6 Å². The molecular weight excluding hydrogens is 479 g/mol. The maximum atomic E-state index is 13.2. The molecule has 4 rings (SSSR count). The fourth-order valence-electron chi connectivity index (χ4n) is 4.45. The molecule has 0 spiro atoms. The molecule has 34 heavy (non-hydrogen) atoms. The molecule has 1 fully saturated rings. The van der Waals surface area contributed by atoms with Crippen LogP contribution in [0.2, 0.25) is 10.0 Å². The van der Waals surface area contributed by atoms with Crippen molar-refractivity contribution in [3.05, 3.63) is 69.3 Å². The molecule has 2 aromatic carbocycles. The second-order valence-corrected chi connectivity index (χ2v) is 8.84. The van der Waals surface area contributed by atoms with Crippen LogP contribution in [-0.2, 0) is 21.4 Å². The van der Waals surface area contributed by atoms with E-state index in [1.807, 2.05) is 42.1 Å². The maximum Gasteiger partial charge on any atom is 0.295 e. The summed E-state index contributed by atoms with van der Waals surface area (Å²) in [5.41, 5.74) is 1.88. The number of ketones is 1. The number of rotatable bonds is 7. The van der Waals surface area contributed by atoms with E-state index in [-0.39, 0.29) is 39.2 Å². The monoisotopic (exact) mass is 502 g/mol. The average molecular weight is 503 g/mol. The Labute approximate surface area is 207 Å². The van der Waals surface area contributed by atoms with Gasteiger partial charge in [0.1, 0.15) is 5.76 Å². The third kappa shape index (κ3) is 4.04. The van der Waals surface area contributed by atoms with Gasteiger partial charge in [-0.3, -0.25) is 9.59 Å². The van der Waals surface area contributed by atoms with E-state index in [9.17, 15) is 14.7 Å². The van der Waals surface area contributed by atoms with Crippen LogP contribution in [0.15, 0.2) is 48.2 Å². The van der Waals surface area contributed by atoms with Crippen molar-refractivity contribution < 1.29 is 24.2 Å². The van der Waals surface area contributed by atoms with Crippen LogP contribution in [0, 0.1) is 0 Å². The molecule has 0 radical (unpaired) electrons. The highest BCUT2D eigenvalue weighted by Gasteiger charge is 2.46. The lowest BCUT2D eigenvalue weighted by Gasteiger charge is -2.25. The minimum absolute atomic E-state index is 0.0175. The predicted molar refractivity (Wildman–Crippen MR) is 131 cm³/mol. The van der Waals surface area contributed by atoms with Gasteiger partial charge in [-0.1, -0.05) is 41.4 Å². The van der Waals surface area contributed by atoms with Gasteiger partial charge in [0.05, 0.1) is 28.8 Å². The van der Waals surface area contributed by atoms with E-state index >= 15 is 0 Å². The van der Waals surface area contributed by atoms with Crippen LogP contribution in [0.25, 0.3) is 16.7 Å². The Balaban J connectivity index is 1.94. The topological polar surface area (TPSA) is 81.0 Å². The highest BCUT2D eigenvalue weighted by molar-refractivity contribution is 6.47. The van der Waals surface area contributed by atoms with Gasteiger partial charge >= 0.3 is 0 Å². The molecule has 1 N–H and O–H groups in total. The first-order valence-corrected chi connectivity index (χ1v) is 11.4. The van der Waals surface area contributed by atoms with E-state index < -0.39 is 17.7 Å². The normalized spacial score (nSPS) is 17.7. The number of nitrogens with zero attached hydrogens (tertiary/aromatic N) is 2. The van der Waals surface area contributed by atoms with Crippen LogP contribution in [0.3, 0.4) is 0 Å². The lowest BCUT2D eigenvalue weighted by Crippen LogP contribution is -2.31. The maximum absolute atomic E-state index is 13.2. The molecule has 178 valence electrons. The largest absolute Gasteiger partial charge is 0.507 e. The van der Waals surface area contributed by atoms with E-state index in [4.69, 9.17) is 32.7 Å². The molecule has 9 heteroatoms. The van der Waals surface area contributed by atoms with Gasteiger partial charge < -0.3 is 24.0 Å². The number of carbonyl (C=O) groups is 2. The summed E-state index contributed by atoms with van der Waals surface area (Å²) in [4.78, 5) is 27.9. The van der Waals surface area contributed by atoms with Gasteiger partial charge in [0.2, 0.25) is 0 Å². The average Bonchev–Trinajstić information content (AvgIpc) is 3.27. The third-order valence-electron chi connectivity index (χ3n) is 5.99. The molecular formula is C25H24Cl2N2O5. The van der Waals surface area contributed by atoms with Crippen molar-refractivity contribution in [1.29, 1.82) is 0 Å². The Morgan fingerprint density at radius 3 is 2.44 bits per heavy atom. The summed E-state index contributed by atoms with van der Waals surface area (Å²) >= 11 is 12.6. The first-order valence-electron chi connectivity index (χ1n) is 10.6. The zero-order valence-corrected chi connectivity index (χ0v) is 20.5. The predicted octanol–water partition coefficient (Wildman–Crippen LogP) is 4.95.